The maximum atomic E-state index is 13.7. The number of ether oxygens (including phenoxy) is 3. The number of hydrogen-bond donors (Lipinski definition) is 1. The minimum Gasteiger partial charge on any atom is -0.489 e. The van der Waals surface area contributed by atoms with Crippen molar-refractivity contribution >= 4 is 5.91 Å². The largest absolute Gasteiger partial charge is 0.489 e. The van der Waals surface area contributed by atoms with Crippen molar-refractivity contribution < 1.29 is 19.0 Å². The second kappa shape index (κ2) is 11.1. The first-order chi connectivity index (χ1) is 19.2. The number of rotatable bonds is 9. The highest BCUT2D eigenvalue weighted by molar-refractivity contribution is 5.93. The van der Waals surface area contributed by atoms with Gasteiger partial charge in [0.1, 0.15) is 18.1 Å². The van der Waals surface area contributed by atoms with Crippen molar-refractivity contribution in [2.24, 2.45) is 0 Å². The van der Waals surface area contributed by atoms with Gasteiger partial charge in [-0.15, -0.1) is 0 Å². The first kappa shape index (κ1) is 24.2. The number of hydrogen-bond acceptors (Lipinski definition) is 6. The van der Waals surface area contributed by atoms with Gasteiger partial charge in [-0.3, -0.25) is 14.9 Å². The molecule has 8 heteroatoms. The molecule has 0 saturated heterocycles. The molecule has 0 spiro atoms. The molecule has 1 aliphatic rings. The fraction of sp³-hybridized carbons (Fsp3) is 0.129. The first-order valence-corrected chi connectivity index (χ1v) is 12.6. The fourth-order valence-electron chi connectivity index (χ4n) is 4.40. The molecular formula is C31H26N4O4. The van der Waals surface area contributed by atoms with E-state index in [1.807, 2.05) is 91.0 Å². The summed E-state index contributed by atoms with van der Waals surface area (Å²) < 4.78 is 16.9. The summed E-state index contributed by atoms with van der Waals surface area (Å²) >= 11 is 0. The van der Waals surface area contributed by atoms with E-state index in [-0.39, 0.29) is 12.7 Å². The van der Waals surface area contributed by atoms with Gasteiger partial charge in [-0.25, -0.2) is 0 Å². The van der Waals surface area contributed by atoms with E-state index in [9.17, 15) is 4.79 Å². The number of nitrogens with one attached hydrogen (secondary N) is 1. The highest BCUT2D eigenvalue weighted by Gasteiger charge is 2.20. The summed E-state index contributed by atoms with van der Waals surface area (Å²) in [4.78, 5) is 19.8. The van der Waals surface area contributed by atoms with Gasteiger partial charge >= 0.3 is 0 Å². The Morgan fingerprint density at radius 1 is 0.846 bits per heavy atom. The lowest BCUT2D eigenvalue weighted by Crippen LogP contribution is -2.30. The molecule has 6 rings (SSSR count). The molecule has 0 atom stereocenters. The van der Waals surface area contributed by atoms with Crippen molar-refractivity contribution in [1.29, 1.82) is 0 Å². The van der Waals surface area contributed by atoms with Crippen LogP contribution < -0.4 is 14.2 Å². The van der Waals surface area contributed by atoms with Crippen LogP contribution in [0.25, 0.3) is 11.3 Å². The normalized spacial score (nSPS) is 11.8. The van der Waals surface area contributed by atoms with Crippen molar-refractivity contribution in [3.8, 4) is 28.5 Å². The smallest absolute Gasteiger partial charge is 0.272 e. The van der Waals surface area contributed by atoms with Gasteiger partial charge in [-0.2, -0.15) is 5.10 Å². The minimum absolute atomic E-state index is 0.165. The number of carbonyl (C=O) groups is 1. The SMILES string of the molecule is O=C(c1cc(-c2ccccc2)n[nH]1)N(Cc1cccc(OCc2ccc3c(c2)OCO3)c1)Cc1ccccn1. The van der Waals surface area contributed by atoms with Gasteiger partial charge in [0.2, 0.25) is 6.79 Å². The van der Waals surface area contributed by atoms with E-state index >= 15 is 0 Å². The standard InChI is InChI=1S/C31H26N4O4/c36-31(28-17-27(33-34-28)24-8-2-1-3-9-24)35(19-25-10-4-5-14-32-25)18-22-7-6-11-26(15-22)37-20-23-12-13-29-30(16-23)39-21-38-29/h1-17H,18-21H2,(H,33,34). The van der Waals surface area contributed by atoms with Gasteiger partial charge < -0.3 is 19.1 Å². The lowest BCUT2D eigenvalue weighted by Gasteiger charge is -2.22. The molecule has 3 heterocycles. The van der Waals surface area contributed by atoms with Crippen LogP contribution in [0.1, 0.15) is 27.3 Å². The molecule has 8 nitrogen and oxygen atoms in total. The molecule has 0 radical (unpaired) electrons. The maximum Gasteiger partial charge on any atom is 0.272 e. The van der Waals surface area contributed by atoms with Crippen LogP contribution in [0.3, 0.4) is 0 Å². The van der Waals surface area contributed by atoms with Crippen LogP contribution >= 0.6 is 0 Å². The number of aromatic amines is 1. The Hall–Kier alpha value is -5.11. The third kappa shape index (κ3) is 5.75. The summed E-state index contributed by atoms with van der Waals surface area (Å²) in [6.07, 6.45) is 1.73. The van der Waals surface area contributed by atoms with Crippen LogP contribution in [0.4, 0.5) is 0 Å². The van der Waals surface area contributed by atoms with Crippen LogP contribution in [0.15, 0.2) is 103 Å². The molecule has 0 aliphatic carbocycles. The number of carbonyl (C=O) groups excluding carboxylic acids is 1. The van der Waals surface area contributed by atoms with E-state index in [2.05, 4.69) is 15.2 Å². The highest BCUT2D eigenvalue weighted by atomic mass is 16.7. The van der Waals surface area contributed by atoms with Gasteiger partial charge in [-0.05, 0) is 53.6 Å². The molecule has 5 aromatic rings. The lowest BCUT2D eigenvalue weighted by molar-refractivity contribution is 0.0721. The molecule has 0 unspecified atom stereocenters. The Morgan fingerprint density at radius 2 is 1.72 bits per heavy atom. The Kier molecular flexibility index (Phi) is 6.90. The molecule has 1 N–H and O–H groups in total. The monoisotopic (exact) mass is 518 g/mol. The van der Waals surface area contributed by atoms with E-state index in [1.165, 1.54) is 0 Å². The van der Waals surface area contributed by atoms with Crippen molar-refractivity contribution in [1.82, 2.24) is 20.1 Å². The number of pyridine rings is 1. The maximum absolute atomic E-state index is 13.7. The van der Waals surface area contributed by atoms with Crippen molar-refractivity contribution in [3.05, 3.63) is 126 Å². The third-order valence-electron chi connectivity index (χ3n) is 6.36. The number of amides is 1. The Labute approximate surface area is 225 Å². The van der Waals surface area contributed by atoms with E-state index in [1.54, 1.807) is 17.2 Å². The number of nitrogens with zero attached hydrogens (tertiary/aromatic N) is 3. The van der Waals surface area contributed by atoms with Gasteiger partial charge in [0, 0.05) is 18.3 Å². The Morgan fingerprint density at radius 3 is 2.59 bits per heavy atom. The molecule has 39 heavy (non-hydrogen) atoms. The van der Waals surface area contributed by atoms with E-state index in [4.69, 9.17) is 14.2 Å². The zero-order chi connectivity index (χ0) is 26.4. The zero-order valence-electron chi connectivity index (χ0n) is 21.1. The number of H-pyrrole nitrogens is 1. The molecule has 1 amide bonds. The summed E-state index contributed by atoms with van der Waals surface area (Å²) in [7, 11) is 0. The molecule has 0 saturated carbocycles. The Bertz CT molecular complexity index is 1570. The van der Waals surface area contributed by atoms with Crippen LogP contribution in [0.2, 0.25) is 0 Å². The van der Waals surface area contributed by atoms with Crippen molar-refractivity contribution in [3.63, 3.8) is 0 Å². The predicted molar refractivity (Wildman–Crippen MR) is 145 cm³/mol. The molecule has 0 bridgehead atoms. The third-order valence-corrected chi connectivity index (χ3v) is 6.36. The van der Waals surface area contributed by atoms with Gasteiger partial charge in [0.25, 0.3) is 5.91 Å². The minimum atomic E-state index is -0.165. The predicted octanol–water partition coefficient (Wildman–Crippen LogP) is 5.62. The molecule has 3 aromatic carbocycles. The van der Waals surface area contributed by atoms with Crippen LogP contribution in [-0.4, -0.2) is 32.8 Å². The summed E-state index contributed by atoms with van der Waals surface area (Å²) in [5, 5.41) is 7.29. The molecule has 0 fully saturated rings. The first-order valence-electron chi connectivity index (χ1n) is 12.6. The van der Waals surface area contributed by atoms with E-state index < -0.39 is 0 Å². The quantitative estimate of drug-likeness (QED) is 0.272. The summed E-state index contributed by atoms with van der Waals surface area (Å²) in [6.45, 7) is 1.34. The van der Waals surface area contributed by atoms with Crippen LogP contribution in [0, 0.1) is 0 Å². The number of aromatic nitrogens is 3. The summed E-state index contributed by atoms with van der Waals surface area (Å²) in [5.41, 5.74) is 4.78. The average Bonchev–Trinajstić information content (AvgIpc) is 3.67. The average molecular weight is 519 g/mol. The molecular weight excluding hydrogens is 492 g/mol. The fourth-order valence-corrected chi connectivity index (χ4v) is 4.40. The van der Waals surface area contributed by atoms with E-state index in [0.717, 1.165) is 39.6 Å². The molecule has 1 aliphatic heterocycles. The zero-order valence-corrected chi connectivity index (χ0v) is 21.1. The number of benzene rings is 3. The second-order valence-electron chi connectivity index (χ2n) is 9.14. The van der Waals surface area contributed by atoms with Gasteiger partial charge in [0.05, 0.1) is 17.9 Å². The van der Waals surface area contributed by atoms with Crippen LogP contribution in [-0.2, 0) is 19.7 Å². The lowest BCUT2D eigenvalue weighted by atomic mass is 10.1. The Balaban J connectivity index is 1.19. The molecule has 194 valence electrons. The van der Waals surface area contributed by atoms with Gasteiger partial charge in [-0.1, -0.05) is 54.6 Å². The van der Waals surface area contributed by atoms with Crippen molar-refractivity contribution in [2.45, 2.75) is 19.7 Å². The molecule has 2 aromatic heterocycles. The second-order valence-corrected chi connectivity index (χ2v) is 9.14. The van der Waals surface area contributed by atoms with Crippen LogP contribution in [0.5, 0.6) is 17.2 Å². The topological polar surface area (TPSA) is 89.6 Å². The summed E-state index contributed by atoms with van der Waals surface area (Å²) in [5.74, 6) is 2.01. The number of fused-ring (bicyclic) bond motifs is 1. The summed E-state index contributed by atoms with van der Waals surface area (Å²) in [6, 6.07) is 30.8. The highest BCUT2D eigenvalue weighted by Crippen LogP contribution is 2.33. The van der Waals surface area contributed by atoms with Crippen molar-refractivity contribution in [2.75, 3.05) is 6.79 Å². The van der Waals surface area contributed by atoms with Gasteiger partial charge in [0.15, 0.2) is 11.5 Å². The van der Waals surface area contributed by atoms with E-state index in [0.29, 0.717) is 31.1 Å².